The highest BCUT2D eigenvalue weighted by molar-refractivity contribution is 5.85. The Bertz CT molecular complexity index is 262. The SMILES string of the molecule is CC1(C)CCCC1NC(=O)C1CCNCC1.Cl. The molecule has 1 saturated heterocycles. The lowest BCUT2D eigenvalue weighted by atomic mass is 9.86. The van der Waals surface area contributed by atoms with Crippen molar-refractivity contribution in [3.63, 3.8) is 0 Å². The van der Waals surface area contributed by atoms with Crippen LogP contribution in [0, 0.1) is 11.3 Å². The molecule has 2 aliphatic rings. The van der Waals surface area contributed by atoms with Gasteiger partial charge in [0, 0.05) is 12.0 Å². The summed E-state index contributed by atoms with van der Waals surface area (Å²) in [4.78, 5) is 12.1. The van der Waals surface area contributed by atoms with Crippen LogP contribution in [0.5, 0.6) is 0 Å². The first-order valence-electron chi connectivity index (χ1n) is 6.61. The molecule has 0 aromatic heterocycles. The summed E-state index contributed by atoms with van der Waals surface area (Å²) in [5, 5.41) is 6.57. The van der Waals surface area contributed by atoms with Crippen molar-refractivity contribution in [3.05, 3.63) is 0 Å². The van der Waals surface area contributed by atoms with Crippen LogP contribution in [-0.2, 0) is 4.79 Å². The number of halogens is 1. The lowest BCUT2D eigenvalue weighted by molar-refractivity contribution is -0.127. The fourth-order valence-corrected chi connectivity index (χ4v) is 2.97. The summed E-state index contributed by atoms with van der Waals surface area (Å²) >= 11 is 0. The summed E-state index contributed by atoms with van der Waals surface area (Å²) in [5.41, 5.74) is 0.294. The minimum absolute atomic E-state index is 0. The molecule has 1 atom stereocenters. The average molecular weight is 261 g/mol. The minimum Gasteiger partial charge on any atom is -0.353 e. The second-order valence-electron chi connectivity index (χ2n) is 5.97. The molecule has 0 spiro atoms. The molecule has 0 aromatic rings. The van der Waals surface area contributed by atoms with Gasteiger partial charge >= 0.3 is 0 Å². The fraction of sp³-hybridized carbons (Fsp3) is 0.923. The molecule has 4 heteroatoms. The standard InChI is InChI=1S/C13H24N2O.ClH/c1-13(2)7-3-4-11(13)15-12(16)10-5-8-14-9-6-10;/h10-11,14H,3-9H2,1-2H3,(H,15,16);1H. The second-order valence-corrected chi connectivity index (χ2v) is 5.97. The molecular weight excluding hydrogens is 236 g/mol. The van der Waals surface area contributed by atoms with Crippen molar-refractivity contribution in [2.45, 2.75) is 52.0 Å². The number of piperidine rings is 1. The van der Waals surface area contributed by atoms with Crippen LogP contribution in [0.1, 0.15) is 46.0 Å². The lowest BCUT2D eigenvalue weighted by Gasteiger charge is -2.30. The summed E-state index contributed by atoms with van der Waals surface area (Å²) in [7, 11) is 0. The van der Waals surface area contributed by atoms with Gasteiger partial charge < -0.3 is 10.6 Å². The van der Waals surface area contributed by atoms with Crippen molar-refractivity contribution >= 4 is 18.3 Å². The third-order valence-electron chi connectivity index (χ3n) is 4.28. The third-order valence-corrected chi connectivity index (χ3v) is 4.28. The monoisotopic (exact) mass is 260 g/mol. The fourth-order valence-electron chi connectivity index (χ4n) is 2.97. The molecule has 1 amide bonds. The molecule has 2 rings (SSSR count). The van der Waals surface area contributed by atoms with E-state index in [9.17, 15) is 4.79 Å². The minimum atomic E-state index is 0. The third kappa shape index (κ3) is 3.59. The highest BCUT2D eigenvalue weighted by atomic mass is 35.5. The topological polar surface area (TPSA) is 41.1 Å². The summed E-state index contributed by atoms with van der Waals surface area (Å²) in [6.45, 7) is 6.53. The van der Waals surface area contributed by atoms with Crippen molar-refractivity contribution < 1.29 is 4.79 Å². The second kappa shape index (κ2) is 6.05. The molecule has 1 unspecified atom stereocenters. The van der Waals surface area contributed by atoms with Crippen LogP contribution in [0.25, 0.3) is 0 Å². The Morgan fingerprint density at radius 2 is 1.88 bits per heavy atom. The van der Waals surface area contributed by atoms with E-state index in [4.69, 9.17) is 0 Å². The van der Waals surface area contributed by atoms with E-state index in [-0.39, 0.29) is 18.3 Å². The smallest absolute Gasteiger partial charge is 0.223 e. The van der Waals surface area contributed by atoms with Crippen LogP contribution in [0.3, 0.4) is 0 Å². The predicted molar refractivity (Wildman–Crippen MR) is 72.4 cm³/mol. The van der Waals surface area contributed by atoms with E-state index >= 15 is 0 Å². The van der Waals surface area contributed by atoms with Crippen molar-refractivity contribution in [2.75, 3.05) is 13.1 Å². The Balaban J connectivity index is 0.00000144. The number of nitrogens with one attached hydrogen (secondary N) is 2. The zero-order chi connectivity index (χ0) is 11.6. The summed E-state index contributed by atoms with van der Waals surface area (Å²) in [5.74, 6) is 0.541. The largest absolute Gasteiger partial charge is 0.353 e. The van der Waals surface area contributed by atoms with Gasteiger partial charge in [0.25, 0.3) is 0 Å². The van der Waals surface area contributed by atoms with Gasteiger partial charge in [-0.2, -0.15) is 0 Å². The van der Waals surface area contributed by atoms with Crippen molar-refractivity contribution in [2.24, 2.45) is 11.3 Å². The lowest BCUT2D eigenvalue weighted by Crippen LogP contribution is -2.46. The molecule has 17 heavy (non-hydrogen) atoms. The van der Waals surface area contributed by atoms with Gasteiger partial charge in [0.2, 0.25) is 5.91 Å². The normalized spacial score (nSPS) is 28.5. The maximum absolute atomic E-state index is 12.1. The van der Waals surface area contributed by atoms with Crippen molar-refractivity contribution in [3.8, 4) is 0 Å². The van der Waals surface area contributed by atoms with Crippen molar-refractivity contribution in [1.29, 1.82) is 0 Å². The zero-order valence-electron chi connectivity index (χ0n) is 10.9. The molecular formula is C13H25ClN2O. The molecule has 1 saturated carbocycles. The number of carbonyl (C=O) groups is 1. The Morgan fingerprint density at radius 3 is 2.41 bits per heavy atom. The highest BCUT2D eigenvalue weighted by Gasteiger charge is 2.36. The first kappa shape index (κ1) is 14.8. The van der Waals surface area contributed by atoms with Gasteiger partial charge in [0.15, 0.2) is 0 Å². The van der Waals surface area contributed by atoms with Crippen molar-refractivity contribution in [1.82, 2.24) is 10.6 Å². The molecule has 0 bridgehead atoms. The number of hydrogen-bond donors (Lipinski definition) is 2. The van der Waals surface area contributed by atoms with Crippen LogP contribution in [0.15, 0.2) is 0 Å². The maximum atomic E-state index is 12.1. The van der Waals surface area contributed by atoms with Crippen LogP contribution >= 0.6 is 12.4 Å². The van der Waals surface area contributed by atoms with Gasteiger partial charge in [0.05, 0.1) is 0 Å². The Morgan fingerprint density at radius 1 is 1.24 bits per heavy atom. The van der Waals surface area contributed by atoms with Gasteiger partial charge in [-0.25, -0.2) is 0 Å². The van der Waals surface area contributed by atoms with Gasteiger partial charge in [-0.3, -0.25) is 4.79 Å². The average Bonchev–Trinajstić information content (AvgIpc) is 2.59. The van der Waals surface area contributed by atoms with Crippen LogP contribution in [0.2, 0.25) is 0 Å². The Labute approximate surface area is 111 Å². The van der Waals surface area contributed by atoms with E-state index in [2.05, 4.69) is 24.5 Å². The van der Waals surface area contributed by atoms with E-state index in [1.54, 1.807) is 0 Å². The number of carbonyl (C=O) groups excluding carboxylic acids is 1. The summed E-state index contributed by atoms with van der Waals surface area (Å²) in [6, 6.07) is 0.398. The molecule has 0 aromatic carbocycles. The van der Waals surface area contributed by atoms with E-state index < -0.39 is 0 Å². The first-order valence-corrected chi connectivity index (χ1v) is 6.61. The van der Waals surface area contributed by atoms with Gasteiger partial charge in [0.1, 0.15) is 0 Å². The first-order chi connectivity index (χ1) is 7.59. The van der Waals surface area contributed by atoms with Gasteiger partial charge in [-0.1, -0.05) is 20.3 Å². The molecule has 1 aliphatic carbocycles. The molecule has 2 N–H and O–H groups in total. The Kier molecular flexibility index (Phi) is 5.26. The Hall–Kier alpha value is -0.280. The molecule has 3 nitrogen and oxygen atoms in total. The summed E-state index contributed by atoms with van der Waals surface area (Å²) < 4.78 is 0. The molecule has 0 radical (unpaired) electrons. The quantitative estimate of drug-likeness (QED) is 0.799. The van der Waals surface area contributed by atoms with E-state index in [1.165, 1.54) is 12.8 Å². The molecule has 1 heterocycles. The maximum Gasteiger partial charge on any atom is 0.223 e. The van der Waals surface area contributed by atoms with Gasteiger partial charge in [-0.15, -0.1) is 12.4 Å². The van der Waals surface area contributed by atoms with E-state index in [1.807, 2.05) is 0 Å². The van der Waals surface area contributed by atoms with E-state index in [0.29, 0.717) is 17.4 Å². The molecule has 1 aliphatic heterocycles. The van der Waals surface area contributed by atoms with Crippen LogP contribution in [0.4, 0.5) is 0 Å². The zero-order valence-corrected chi connectivity index (χ0v) is 11.7. The number of rotatable bonds is 2. The van der Waals surface area contributed by atoms with Gasteiger partial charge in [-0.05, 0) is 44.2 Å². The van der Waals surface area contributed by atoms with E-state index in [0.717, 1.165) is 32.4 Å². The summed E-state index contributed by atoms with van der Waals surface area (Å²) in [6.07, 6.45) is 5.65. The van der Waals surface area contributed by atoms with Crippen LogP contribution in [-0.4, -0.2) is 25.0 Å². The predicted octanol–water partition coefficient (Wildman–Crippen LogP) is 2.10. The van der Waals surface area contributed by atoms with Crippen LogP contribution < -0.4 is 10.6 Å². The number of amides is 1. The number of hydrogen-bond acceptors (Lipinski definition) is 2. The molecule has 2 fully saturated rings. The molecule has 100 valence electrons. The highest BCUT2D eigenvalue weighted by Crippen LogP contribution is 2.37.